The van der Waals surface area contributed by atoms with Gasteiger partial charge in [-0.1, -0.05) is 6.07 Å². The standard InChI is InChI=1S/C21H19FN8/c1-12-6-18(24)27-13(2)19(12)29(3)21-17-10-30(28-20(17)25-11-26-21)9-14-4-5-16(22)7-15(14)8-23/h4-7,10-11H,9H2,1-3H3,(H2,24,27). The van der Waals surface area contributed by atoms with Gasteiger partial charge in [0, 0.05) is 13.2 Å². The molecule has 0 aliphatic carbocycles. The van der Waals surface area contributed by atoms with Crippen LogP contribution in [0.3, 0.4) is 0 Å². The van der Waals surface area contributed by atoms with Crippen molar-refractivity contribution in [3.8, 4) is 6.07 Å². The largest absolute Gasteiger partial charge is 0.384 e. The summed E-state index contributed by atoms with van der Waals surface area (Å²) in [6.07, 6.45) is 3.28. The minimum atomic E-state index is -0.446. The van der Waals surface area contributed by atoms with E-state index in [1.807, 2.05) is 44.1 Å². The number of anilines is 3. The van der Waals surface area contributed by atoms with Crippen LogP contribution in [-0.4, -0.2) is 31.8 Å². The monoisotopic (exact) mass is 402 g/mol. The number of nitrogen functional groups attached to an aromatic ring is 1. The molecule has 0 saturated heterocycles. The fourth-order valence-electron chi connectivity index (χ4n) is 3.65. The number of pyridine rings is 1. The number of rotatable bonds is 4. The highest BCUT2D eigenvalue weighted by atomic mass is 19.1. The summed E-state index contributed by atoms with van der Waals surface area (Å²) in [5.74, 6) is 0.692. The van der Waals surface area contributed by atoms with Gasteiger partial charge in [-0.2, -0.15) is 10.4 Å². The Hall–Kier alpha value is -4.06. The summed E-state index contributed by atoms with van der Waals surface area (Å²) in [5.41, 5.74) is 9.99. The average molecular weight is 402 g/mol. The Kier molecular flexibility index (Phi) is 4.75. The second-order valence-corrected chi connectivity index (χ2v) is 7.03. The molecule has 0 fully saturated rings. The van der Waals surface area contributed by atoms with Crippen molar-refractivity contribution in [3.05, 3.63) is 65.0 Å². The number of benzene rings is 1. The first kappa shape index (κ1) is 19.3. The van der Waals surface area contributed by atoms with Gasteiger partial charge in [-0.05, 0) is 43.2 Å². The van der Waals surface area contributed by atoms with Crippen molar-refractivity contribution in [1.82, 2.24) is 24.7 Å². The molecule has 0 radical (unpaired) electrons. The number of aromatic nitrogens is 5. The fraction of sp³-hybridized carbons (Fsp3) is 0.190. The Morgan fingerprint density at radius 3 is 2.77 bits per heavy atom. The smallest absolute Gasteiger partial charge is 0.186 e. The quantitative estimate of drug-likeness (QED) is 0.558. The van der Waals surface area contributed by atoms with Gasteiger partial charge in [0.25, 0.3) is 0 Å². The number of nitriles is 1. The van der Waals surface area contributed by atoms with Crippen molar-refractivity contribution < 1.29 is 4.39 Å². The Morgan fingerprint density at radius 2 is 2.03 bits per heavy atom. The van der Waals surface area contributed by atoms with Gasteiger partial charge in [-0.25, -0.2) is 19.3 Å². The van der Waals surface area contributed by atoms with Gasteiger partial charge in [0.15, 0.2) is 5.65 Å². The number of nitrogens with two attached hydrogens (primary N) is 1. The summed E-state index contributed by atoms with van der Waals surface area (Å²) in [6.45, 7) is 4.18. The first-order valence-corrected chi connectivity index (χ1v) is 9.21. The van der Waals surface area contributed by atoms with Crippen LogP contribution < -0.4 is 10.6 Å². The molecule has 0 bridgehead atoms. The van der Waals surface area contributed by atoms with Crippen LogP contribution >= 0.6 is 0 Å². The molecular weight excluding hydrogens is 383 g/mol. The van der Waals surface area contributed by atoms with E-state index in [1.165, 1.54) is 18.5 Å². The van der Waals surface area contributed by atoms with Crippen LogP contribution in [0, 0.1) is 31.0 Å². The number of aryl methyl sites for hydroxylation is 2. The molecule has 0 spiro atoms. The molecule has 0 aliphatic rings. The molecule has 0 saturated carbocycles. The maximum Gasteiger partial charge on any atom is 0.186 e. The van der Waals surface area contributed by atoms with Gasteiger partial charge in [-0.3, -0.25) is 4.68 Å². The summed E-state index contributed by atoms with van der Waals surface area (Å²) < 4.78 is 15.1. The van der Waals surface area contributed by atoms with Crippen LogP contribution in [0.1, 0.15) is 22.4 Å². The highest BCUT2D eigenvalue weighted by molar-refractivity contribution is 5.89. The molecular formula is C21H19FN8. The molecule has 4 aromatic rings. The second kappa shape index (κ2) is 7.40. The first-order valence-electron chi connectivity index (χ1n) is 9.21. The lowest BCUT2D eigenvalue weighted by Gasteiger charge is -2.22. The van der Waals surface area contributed by atoms with Crippen LogP contribution in [0.4, 0.5) is 21.7 Å². The molecule has 0 unspecified atom stereocenters. The van der Waals surface area contributed by atoms with Crippen molar-refractivity contribution in [3.63, 3.8) is 0 Å². The van der Waals surface area contributed by atoms with E-state index in [9.17, 15) is 9.65 Å². The number of hydrogen-bond acceptors (Lipinski definition) is 7. The first-order chi connectivity index (χ1) is 14.4. The summed E-state index contributed by atoms with van der Waals surface area (Å²) in [6, 6.07) is 7.98. The van der Waals surface area contributed by atoms with E-state index < -0.39 is 5.82 Å². The van der Waals surface area contributed by atoms with Crippen LogP contribution in [0.15, 0.2) is 36.8 Å². The van der Waals surface area contributed by atoms with Crippen molar-refractivity contribution >= 4 is 28.4 Å². The molecule has 0 aliphatic heterocycles. The van der Waals surface area contributed by atoms with Gasteiger partial charge in [0.2, 0.25) is 0 Å². The summed E-state index contributed by atoms with van der Waals surface area (Å²) >= 11 is 0. The number of nitrogens with zero attached hydrogens (tertiary/aromatic N) is 7. The molecule has 1 aromatic carbocycles. The van der Waals surface area contributed by atoms with Gasteiger partial charge < -0.3 is 10.6 Å². The predicted octanol–water partition coefficient (Wildman–Crippen LogP) is 3.25. The molecule has 30 heavy (non-hydrogen) atoms. The van der Waals surface area contributed by atoms with Crippen LogP contribution in [-0.2, 0) is 6.54 Å². The van der Waals surface area contributed by atoms with E-state index in [0.717, 1.165) is 22.3 Å². The second-order valence-electron chi connectivity index (χ2n) is 7.03. The van der Waals surface area contributed by atoms with Crippen molar-refractivity contribution in [2.45, 2.75) is 20.4 Å². The topological polar surface area (TPSA) is 110 Å². The van der Waals surface area contributed by atoms with E-state index in [-0.39, 0.29) is 5.56 Å². The zero-order valence-electron chi connectivity index (χ0n) is 16.8. The van der Waals surface area contributed by atoms with Crippen molar-refractivity contribution in [1.29, 1.82) is 5.26 Å². The lowest BCUT2D eigenvalue weighted by Crippen LogP contribution is -2.15. The maximum atomic E-state index is 13.4. The summed E-state index contributed by atoms with van der Waals surface area (Å²) in [7, 11) is 1.90. The van der Waals surface area contributed by atoms with Gasteiger partial charge in [0.1, 0.15) is 23.8 Å². The molecule has 3 aromatic heterocycles. The molecule has 2 N–H and O–H groups in total. The Labute approximate surface area is 172 Å². The average Bonchev–Trinajstić information content (AvgIpc) is 3.10. The highest BCUT2D eigenvalue weighted by Crippen LogP contribution is 2.32. The Morgan fingerprint density at radius 1 is 1.23 bits per heavy atom. The summed E-state index contributed by atoms with van der Waals surface area (Å²) in [4.78, 5) is 15.0. The maximum absolute atomic E-state index is 13.4. The van der Waals surface area contributed by atoms with E-state index >= 15 is 0 Å². The SMILES string of the molecule is Cc1cc(N)nc(C)c1N(C)c1ncnc2nn(Cc3ccc(F)cc3C#N)cc12. The Balaban J connectivity index is 1.76. The minimum Gasteiger partial charge on any atom is -0.384 e. The van der Waals surface area contributed by atoms with Gasteiger partial charge in [0.05, 0.1) is 34.9 Å². The number of fused-ring (bicyclic) bond motifs is 1. The zero-order chi connectivity index (χ0) is 21.4. The molecule has 4 rings (SSSR count). The molecule has 3 heterocycles. The third kappa shape index (κ3) is 3.39. The zero-order valence-corrected chi connectivity index (χ0v) is 16.8. The molecule has 150 valence electrons. The third-order valence-electron chi connectivity index (χ3n) is 4.90. The van der Waals surface area contributed by atoms with Crippen LogP contribution in [0.25, 0.3) is 11.0 Å². The predicted molar refractivity (Wildman–Crippen MR) is 112 cm³/mol. The van der Waals surface area contributed by atoms with E-state index in [4.69, 9.17) is 5.73 Å². The van der Waals surface area contributed by atoms with Gasteiger partial charge >= 0.3 is 0 Å². The molecule has 0 atom stereocenters. The minimum absolute atomic E-state index is 0.275. The van der Waals surface area contributed by atoms with Crippen molar-refractivity contribution in [2.24, 2.45) is 0 Å². The van der Waals surface area contributed by atoms with E-state index in [2.05, 4.69) is 20.1 Å². The van der Waals surface area contributed by atoms with Gasteiger partial charge in [-0.15, -0.1) is 0 Å². The van der Waals surface area contributed by atoms with E-state index in [0.29, 0.717) is 29.4 Å². The summed E-state index contributed by atoms with van der Waals surface area (Å²) in [5, 5.41) is 14.5. The normalized spacial score (nSPS) is 10.9. The van der Waals surface area contributed by atoms with Crippen molar-refractivity contribution in [2.75, 3.05) is 17.7 Å². The lowest BCUT2D eigenvalue weighted by atomic mass is 10.1. The lowest BCUT2D eigenvalue weighted by molar-refractivity contribution is 0.624. The number of halogens is 1. The number of hydrogen-bond donors (Lipinski definition) is 1. The van der Waals surface area contributed by atoms with Crippen LogP contribution in [0.2, 0.25) is 0 Å². The van der Waals surface area contributed by atoms with Crippen LogP contribution in [0.5, 0.6) is 0 Å². The molecule has 8 nitrogen and oxygen atoms in total. The van der Waals surface area contributed by atoms with E-state index in [1.54, 1.807) is 10.7 Å². The Bertz CT molecular complexity index is 1280. The fourth-order valence-corrected chi connectivity index (χ4v) is 3.65. The highest BCUT2D eigenvalue weighted by Gasteiger charge is 2.18. The molecule has 0 amide bonds. The molecule has 9 heteroatoms. The third-order valence-corrected chi connectivity index (χ3v) is 4.90.